The van der Waals surface area contributed by atoms with E-state index in [4.69, 9.17) is 5.10 Å². The van der Waals surface area contributed by atoms with Crippen molar-refractivity contribution >= 4 is 5.91 Å². The van der Waals surface area contributed by atoms with Crippen molar-refractivity contribution in [1.29, 1.82) is 0 Å². The molecular formula is C24H28N4O. The average Bonchev–Trinajstić information content (AvgIpc) is 3.03. The molecule has 4 rings (SSSR count). The van der Waals surface area contributed by atoms with Crippen LogP contribution in [-0.2, 0) is 6.54 Å². The van der Waals surface area contributed by atoms with Gasteiger partial charge < -0.3 is 4.90 Å². The van der Waals surface area contributed by atoms with Crippen LogP contribution in [0.1, 0.15) is 32.9 Å². The molecule has 2 aromatic carbocycles. The van der Waals surface area contributed by atoms with Crippen molar-refractivity contribution in [3.63, 3.8) is 0 Å². The van der Waals surface area contributed by atoms with Gasteiger partial charge in [-0.3, -0.25) is 9.69 Å². The molecule has 0 radical (unpaired) electrons. The second-order valence-electron chi connectivity index (χ2n) is 7.78. The zero-order chi connectivity index (χ0) is 20.4. The van der Waals surface area contributed by atoms with Crippen LogP contribution in [0.25, 0.3) is 5.69 Å². The fraction of sp³-hybridized carbons (Fsp3) is 0.333. The lowest BCUT2D eigenvalue weighted by Gasteiger charge is -2.35. The number of piperazine rings is 1. The summed E-state index contributed by atoms with van der Waals surface area (Å²) < 4.78 is 2.03. The molecular weight excluding hydrogens is 360 g/mol. The average molecular weight is 389 g/mol. The highest BCUT2D eigenvalue weighted by atomic mass is 16.2. The number of hydrogen-bond donors (Lipinski definition) is 0. The topological polar surface area (TPSA) is 41.4 Å². The molecule has 0 bridgehead atoms. The van der Waals surface area contributed by atoms with Crippen LogP contribution in [0.5, 0.6) is 0 Å². The Kier molecular flexibility index (Phi) is 5.49. The van der Waals surface area contributed by atoms with Crippen LogP contribution >= 0.6 is 0 Å². The summed E-state index contributed by atoms with van der Waals surface area (Å²) >= 11 is 0. The predicted octanol–water partition coefficient (Wildman–Crippen LogP) is 3.76. The lowest BCUT2D eigenvalue weighted by molar-refractivity contribution is 0.0627. The number of benzene rings is 2. The molecule has 29 heavy (non-hydrogen) atoms. The number of hydrogen-bond acceptors (Lipinski definition) is 3. The molecule has 1 aliphatic heterocycles. The minimum absolute atomic E-state index is 0.145. The first-order valence-corrected chi connectivity index (χ1v) is 10.2. The van der Waals surface area contributed by atoms with Gasteiger partial charge in [-0.15, -0.1) is 0 Å². The van der Waals surface area contributed by atoms with Gasteiger partial charge in [0.1, 0.15) is 0 Å². The van der Waals surface area contributed by atoms with E-state index in [1.807, 2.05) is 59.0 Å². The van der Waals surface area contributed by atoms with Gasteiger partial charge in [-0.25, -0.2) is 4.68 Å². The largest absolute Gasteiger partial charge is 0.336 e. The van der Waals surface area contributed by atoms with E-state index in [1.54, 1.807) is 0 Å². The van der Waals surface area contributed by atoms with Crippen LogP contribution in [0.2, 0.25) is 0 Å². The third-order valence-corrected chi connectivity index (χ3v) is 5.86. The summed E-state index contributed by atoms with van der Waals surface area (Å²) in [5.41, 5.74) is 6.49. The Morgan fingerprint density at radius 1 is 0.897 bits per heavy atom. The minimum atomic E-state index is 0.145. The molecule has 1 amide bonds. The number of aromatic nitrogens is 2. The molecule has 1 saturated heterocycles. The van der Waals surface area contributed by atoms with Gasteiger partial charge in [-0.1, -0.05) is 36.4 Å². The fourth-order valence-electron chi connectivity index (χ4n) is 4.04. The maximum Gasteiger partial charge on any atom is 0.254 e. The normalized spacial score (nSPS) is 14.9. The Labute approximate surface area is 172 Å². The molecule has 0 aliphatic carbocycles. The molecule has 0 unspecified atom stereocenters. The van der Waals surface area contributed by atoms with Crippen molar-refractivity contribution in [1.82, 2.24) is 19.6 Å². The third kappa shape index (κ3) is 3.96. The van der Waals surface area contributed by atoms with Gasteiger partial charge in [-0.05, 0) is 44.5 Å². The fourth-order valence-corrected chi connectivity index (χ4v) is 4.04. The molecule has 0 N–H and O–H groups in total. The molecule has 0 atom stereocenters. The van der Waals surface area contributed by atoms with Crippen molar-refractivity contribution in [3.8, 4) is 5.69 Å². The summed E-state index contributed by atoms with van der Waals surface area (Å²) in [5, 5.41) is 4.76. The number of nitrogens with zero attached hydrogens (tertiary/aromatic N) is 4. The van der Waals surface area contributed by atoms with Crippen molar-refractivity contribution in [2.45, 2.75) is 27.3 Å². The molecule has 150 valence electrons. The van der Waals surface area contributed by atoms with E-state index in [2.05, 4.69) is 30.9 Å². The molecule has 5 nitrogen and oxygen atoms in total. The molecule has 0 saturated carbocycles. The van der Waals surface area contributed by atoms with E-state index >= 15 is 0 Å². The number of rotatable bonds is 4. The lowest BCUT2D eigenvalue weighted by Crippen LogP contribution is -2.48. The number of amides is 1. The van der Waals surface area contributed by atoms with Crippen LogP contribution in [0.15, 0.2) is 54.6 Å². The Hall–Kier alpha value is -2.92. The third-order valence-electron chi connectivity index (χ3n) is 5.86. The highest BCUT2D eigenvalue weighted by Gasteiger charge is 2.24. The van der Waals surface area contributed by atoms with E-state index < -0.39 is 0 Å². The SMILES string of the molecule is Cc1ccccc1C(=O)N1CCN(Cc2c(C)nn(-c3ccccc3)c2C)CC1. The Morgan fingerprint density at radius 3 is 2.24 bits per heavy atom. The van der Waals surface area contributed by atoms with E-state index in [-0.39, 0.29) is 5.91 Å². The van der Waals surface area contributed by atoms with Gasteiger partial charge in [0.25, 0.3) is 5.91 Å². The second kappa shape index (κ2) is 8.21. The summed E-state index contributed by atoms with van der Waals surface area (Å²) in [7, 11) is 0. The zero-order valence-electron chi connectivity index (χ0n) is 17.4. The monoisotopic (exact) mass is 388 g/mol. The van der Waals surface area contributed by atoms with E-state index in [0.717, 1.165) is 55.2 Å². The first-order valence-electron chi connectivity index (χ1n) is 10.2. The van der Waals surface area contributed by atoms with Crippen LogP contribution < -0.4 is 0 Å². The number of aryl methyl sites for hydroxylation is 2. The predicted molar refractivity (Wildman–Crippen MR) is 115 cm³/mol. The molecule has 3 aromatic rings. The Morgan fingerprint density at radius 2 is 1.55 bits per heavy atom. The maximum atomic E-state index is 12.8. The lowest BCUT2D eigenvalue weighted by atomic mass is 10.1. The second-order valence-corrected chi connectivity index (χ2v) is 7.78. The standard InChI is InChI=1S/C24H28N4O/c1-18-9-7-8-12-22(18)24(29)27-15-13-26(14-16-27)17-23-19(2)25-28(20(23)3)21-10-5-4-6-11-21/h4-12H,13-17H2,1-3H3. The van der Waals surface area contributed by atoms with Crippen LogP contribution in [-0.4, -0.2) is 51.7 Å². The quantitative estimate of drug-likeness (QED) is 0.683. The highest BCUT2D eigenvalue weighted by Crippen LogP contribution is 2.21. The van der Waals surface area contributed by atoms with Crippen LogP contribution in [0, 0.1) is 20.8 Å². The first-order chi connectivity index (χ1) is 14.0. The number of carbonyl (C=O) groups excluding carboxylic acids is 1. The maximum absolute atomic E-state index is 12.8. The van der Waals surface area contributed by atoms with Gasteiger partial charge in [0.2, 0.25) is 0 Å². The zero-order valence-corrected chi connectivity index (χ0v) is 17.4. The van der Waals surface area contributed by atoms with E-state index in [9.17, 15) is 4.79 Å². The van der Waals surface area contributed by atoms with Crippen molar-refractivity contribution in [3.05, 3.63) is 82.7 Å². The molecule has 1 aromatic heterocycles. The summed E-state index contributed by atoms with van der Waals surface area (Å²) in [6.07, 6.45) is 0. The van der Waals surface area contributed by atoms with E-state index in [0.29, 0.717) is 0 Å². The number of para-hydroxylation sites is 1. The van der Waals surface area contributed by atoms with Crippen LogP contribution in [0.3, 0.4) is 0 Å². The molecule has 1 aliphatic rings. The molecule has 5 heteroatoms. The Balaban J connectivity index is 1.42. The Bertz CT molecular complexity index is 1000. The first kappa shape index (κ1) is 19.4. The van der Waals surface area contributed by atoms with Gasteiger partial charge in [0, 0.05) is 49.5 Å². The highest BCUT2D eigenvalue weighted by molar-refractivity contribution is 5.95. The molecule has 0 spiro atoms. The molecule has 1 fully saturated rings. The van der Waals surface area contributed by atoms with Crippen molar-refractivity contribution in [2.24, 2.45) is 0 Å². The molecule has 2 heterocycles. The van der Waals surface area contributed by atoms with Crippen molar-refractivity contribution in [2.75, 3.05) is 26.2 Å². The number of carbonyl (C=O) groups is 1. The summed E-state index contributed by atoms with van der Waals surface area (Å²) in [6.45, 7) is 10.4. The van der Waals surface area contributed by atoms with Gasteiger partial charge >= 0.3 is 0 Å². The minimum Gasteiger partial charge on any atom is -0.336 e. The van der Waals surface area contributed by atoms with Gasteiger partial charge in [-0.2, -0.15) is 5.10 Å². The van der Waals surface area contributed by atoms with Gasteiger partial charge in [0.05, 0.1) is 11.4 Å². The summed E-state index contributed by atoms with van der Waals surface area (Å²) in [6, 6.07) is 18.1. The van der Waals surface area contributed by atoms with E-state index in [1.165, 1.54) is 11.3 Å². The summed E-state index contributed by atoms with van der Waals surface area (Å²) in [5.74, 6) is 0.145. The van der Waals surface area contributed by atoms with Crippen molar-refractivity contribution < 1.29 is 4.79 Å². The summed E-state index contributed by atoms with van der Waals surface area (Å²) in [4.78, 5) is 17.3. The van der Waals surface area contributed by atoms with Crippen LogP contribution in [0.4, 0.5) is 0 Å². The smallest absolute Gasteiger partial charge is 0.254 e. The van der Waals surface area contributed by atoms with Gasteiger partial charge in [0.15, 0.2) is 0 Å².